The first-order chi connectivity index (χ1) is 14.6. The van der Waals surface area contributed by atoms with Crippen LogP contribution in [0.2, 0.25) is 0 Å². The van der Waals surface area contributed by atoms with Crippen LogP contribution in [0.15, 0.2) is 48.5 Å². The molecule has 0 bridgehead atoms. The molecule has 6 heteroatoms. The largest absolute Gasteiger partial charge is 0.497 e. The van der Waals surface area contributed by atoms with Crippen molar-refractivity contribution in [1.29, 1.82) is 0 Å². The molecule has 2 aromatic carbocycles. The molecule has 1 saturated carbocycles. The van der Waals surface area contributed by atoms with E-state index in [2.05, 4.69) is 10.6 Å². The van der Waals surface area contributed by atoms with Crippen LogP contribution in [0, 0.1) is 0 Å². The Morgan fingerprint density at radius 2 is 1.80 bits per heavy atom. The number of aliphatic hydroxyl groups is 1. The number of hydrogen-bond acceptors (Lipinski definition) is 4. The van der Waals surface area contributed by atoms with E-state index in [-0.39, 0.29) is 11.9 Å². The Bertz CT molecular complexity index is 975. The van der Waals surface area contributed by atoms with Crippen molar-refractivity contribution in [2.75, 3.05) is 12.4 Å². The molecule has 156 valence electrons. The molecule has 1 aliphatic heterocycles. The van der Waals surface area contributed by atoms with E-state index in [1.54, 1.807) is 37.4 Å². The second kappa shape index (κ2) is 8.71. The zero-order valence-corrected chi connectivity index (χ0v) is 17.0. The molecule has 1 fully saturated rings. The Morgan fingerprint density at radius 3 is 2.50 bits per heavy atom. The molecule has 4 rings (SSSR count). The van der Waals surface area contributed by atoms with Crippen molar-refractivity contribution in [3.05, 3.63) is 59.7 Å². The summed E-state index contributed by atoms with van der Waals surface area (Å²) in [6.07, 6.45) is 3.68. The minimum atomic E-state index is -1.47. The molecule has 0 aromatic heterocycles. The van der Waals surface area contributed by atoms with Crippen molar-refractivity contribution in [1.82, 2.24) is 5.32 Å². The van der Waals surface area contributed by atoms with Crippen LogP contribution in [0.25, 0.3) is 11.1 Å². The first kappa shape index (κ1) is 20.2. The summed E-state index contributed by atoms with van der Waals surface area (Å²) >= 11 is 0. The van der Waals surface area contributed by atoms with E-state index < -0.39 is 12.0 Å². The summed E-state index contributed by atoms with van der Waals surface area (Å²) in [6.45, 7) is 0. The lowest BCUT2D eigenvalue weighted by Crippen LogP contribution is -2.43. The number of ether oxygens (including phenoxy) is 1. The molecule has 3 N–H and O–H groups in total. The lowest BCUT2D eigenvalue weighted by Gasteiger charge is -2.25. The molecule has 6 nitrogen and oxygen atoms in total. The number of methoxy groups -OCH3 is 1. The van der Waals surface area contributed by atoms with Gasteiger partial charge in [0.1, 0.15) is 5.75 Å². The van der Waals surface area contributed by atoms with Crippen molar-refractivity contribution in [2.24, 2.45) is 0 Å². The summed E-state index contributed by atoms with van der Waals surface area (Å²) in [5, 5.41) is 16.9. The van der Waals surface area contributed by atoms with Gasteiger partial charge in [-0.3, -0.25) is 9.59 Å². The van der Waals surface area contributed by atoms with Gasteiger partial charge in [0.2, 0.25) is 0 Å². The molecule has 0 radical (unpaired) electrons. The molecule has 1 aliphatic carbocycles. The van der Waals surface area contributed by atoms with Gasteiger partial charge in [0.15, 0.2) is 6.10 Å². The van der Waals surface area contributed by atoms with Gasteiger partial charge in [-0.2, -0.15) is 0 Å². The number of rotatable bonds is 5. The number of nitrogens with one attached hydrogen (secondary N) is 2. The highest BCUT2D eigenvalue weighted by Crippen LogP contribution is 2.38. The fourth-order valence-corrected chi connectivity index (χ4v) is 4.25. The quantitative estimate of drug-likeness (QED) is 0.665. The number of carbonyl (C=O) groups is 2. The zero-order chi connectivity index (χ0) is 21.1. The highest BCUT2D eigenvalue weighted by Gasteiger charge is 2.34. The smallest absolute Gasteiger partial charge is 0.256 e. The average molecular weight is 406 g/mol. The van der Waals surface area contributed by atoms with Gasteiger partial charge >= 0.3 is 0 Å². The summed E-state index contributed by atoms with van der Waals surface area (Å²) in [6, 6.07) is 14.4. The van der Waals surface area contributed by atoms with Gasteiger partial charge in [0.05, 0.1) is 12.7 Å². The highest BCUT2D eigenvalue weighted by molar-refractivity contribution is 6.38. The van der Waals surface area contributed by atoms with E-state index in [1.807, 2.05) is 18.2 Å². The van der Waals surface area contributed by atoms with Crippen molar-refractivity contribution >= 4 is 28.6 Å². The van der Waals surface area contributed by atoms with E-state index in [1.165, 1.54) is 6.42 Å². The van der Waals surface area contributed by atoms with E-state index in [0.717, 1.165) is 25.7 Å². The van der Waals surface area contributed by atoms with Gasteiger partial charge in [-0.1, -0.05) is 49.6 Å². The van der Waals surface area contributed by atoms with E-state index in [9.17, 15) is 14.7 Å². The number of anilines is 1. The molecule has 2 amide bonds. The number of para-hydroxylation sites is 1. The SMILES string of the molecule is COc1ccc(/C(=C2\C(=O)Nc3ccccc32)C(O)C(=O)NC2CCCCC2)cc1. The first-order valence-corrected chi connectivity index (χ1v) is 10.4. The van der Waals surface area contributed by atoms with Crippen molar-refractivity contribution in [3.8, 4) is 5.75 Å². The Kier molecular flexibility index (Phi) is 5.86. The van der Waals surface area contributed by atoms with Crippen LogP contribution in [0.4, 0.5) is 5.69 Å². The monoisotopic (exact) mass is 406 g/mol. The lowest BCUT2D eigenvalue weighted by molar-refractivity contribution is -0.127. The van der Waals surface area contributed by atoms with Gasteiger partial charge in [0, 0.05) is 22.9 Å². The first-order valence-electron chi connectivity index (χ1n) is 10.4. The van der Waals surface area contributed by atoms with Gasteiger partial charge < -0.3 is 20.5 Å². The Balaban J connectivity index is 1.76. The predicted octanol–water partition coefficient (Wildman–Crippen LogP) is 3.37. The second-order valence-corrected chi connectivity index (χ2v) is 7.76. The summed E-state index contributed by atoms with van der Waals surface area (Å²) in [5.74, 6) is -0.149. The Hall–Kier alpha value is -3.12. The van der Waals surface area contributed by atoms with Crippen molar-refractivity contribution in [3.63, 3.8) is 0 Å². The molecule has 1 atom stereocenters. The summed E-state index contributed by atoms with van der Waals surface area (Å²) in [4.78, 5) is 25.8. The van der Waals surface area contributed by atoms with Crippen molar-refractivity contribution in [2.45, 2.75) is 44.2 Å². The van der Waals surface area contributed by atoms with Crippen LogP contribution in [0.5, 0.6) is 5.75 Å². The summed E-state index contributed by atoms with van der Waals surface area (Å²) in [5.41, 5.74) is 2.57. The topological polar surface area (TPSA) is 87.7 Å². The molecule has 1 heterocycles. The number of hydrogen-bond donors (Lipinski definition) is 3. The fraction of sp³-hybridized carbons (Fsp3) is 0.333. The van der Waals surface area contributed by atoms with Crippen LogP contribution in [-0.4, -0.2) is 36.2 Å². The van der Waals surface area contributed by atoms with Gasteiger partial charge in [-0.05, 0) is 36.6 Å². The Morgan fingerprint density at radius 1 is 1.10 bits per heavy atom. The molecule has 2 aliphatic rings. The van der Waals surface area contributed by atoms with E-state index in [4.69, 9.17) is 4.74 Å². The number of amides is 2. The molecular formula is C24H26N2O4. The minimum absolute atomic E-state index is 0.0627. The predicted molar refractivity (Wildman–Crippen MR) is 116 cm³/mol. The molecule has 0 saturated heterocycles. The van der Waals surface area contributed by atoms with Crippen molar-refractivity contribution < 1.29 is 19.4 Å². The Labute approximate surface area is 175 Å². The maximum Gasteiger partial charge on any atom is 0.256 e. The molecule has 30 heavy (non-hydrogen) atoms. The molecule has 1 unspecified atom stereocenters. The highest BCUT2D eigenvalue weighted by atomic mass is 16.5. The third-order valence-corrected chi connectivity index (χ3v) is 5.82. The zero-order valence-electron chi connectivity index (χ0n) is 17.0. The summed E-state index contributed by atoms with van der Waals surface area (Å²) < 4.78 is 5.22. The molecular weight excluding hydrogens is 380 g/mol. The van der Waals surface area contributed by atoms with Crippen LogP contribution in [0.1, 0.15) is 43.2 Å². The standard InChI is InChI=1S/C24H26N2O4/c1-30-17-13-11-15(12-14-17)20(21-18-9-5-6-10-19(18)26-23(21)28)22(27)24(29)25-16-7-3-2-4-8-16/h5-6,9-14,16,22,27H,2-4,7-8H2,1H3,(H,25,29)(H,26,28)/b21-20+. The maximum atomic E-state index is 13.0. The third-order valence-electron chi connectivity index (χ3n) is 5.82. The fourth-order valence-electron chi connectivity index (χ4n) is 4.25. The van der Waals surface area contributed by atoms with E-state index in [0.29, 0.717) is 33.7 Å². The van der Waals surface area contributed by atoms with Gasteiger partial charge in [0.25, 0.3) is 11.8 Å². The average Bonchev–Trinajstić information content (AvgIpc) is 3.11. The second-order valence-electron chi connectivity index (χ2n) is 7.76. The number of fused-ring (bicyclic) bond motifs is 1. The number of aliphatic hydroxyl groups excluding tert-OH is 1. The third kappa shape index (κ3) is 3.96. The van der Waals surface area contributed by atoms with Gasteiger partial charge in [-0.25, -0.2) is 0 Å². The van der Waals surface area contributed by atoms with E-state index >= 15 is 0 Å². The molecule has 0 spiro atoms. The molecule has 2 aromatic rings. The van der Waals surface area contributed by atoms with Crippen LogP contribution < -0.4 is 15.4 Å². The lowest BCUT2D eigenvalue weighted by atomic mass is 9.90. The maximum absolute atomic E-state index is 13.0. The summed E-state index contributed by atoms with van der Waals surface area (Å²) in [7, 11) is 1.57. The van der Waals surface area contributed by atoms with Crippen LogP contribution in [-0.2, 0) is 9.59 Å². The number of carbonyl (C=O) groups excluding carboxylic acids is 2. The number of benzene rings is 2. The van der Waals surface area contributed by atoms with Crippen LogP contribution >= 0.6 is 0 Å². The van der Waals surface area contributed by atoms with Crippen LogP contribution in [0.3, 0.4) is 0 Å². The minimum Gasteiger partial charge on any atom is -0.497 e. The van der Waals surface area contributed by atoms with Gasteiger partial charge in [-0.15, -0.1) is 0 Å². The normalized spacial score (nSPS) is 18.9.